The lowest BCUT2D eigenvalue weighted by Crippen LogP contribution is -2.25. The van der Waals surface area contributed by atoms with E-state index in [0.717, 1.165) is 16.0 Å². The van der Waals surface area contributed by atoms with E-state index in [1.807, 2.05) is 13.1 Å². The Bertz CT molecular complexity index is 533. The van der Waals surface area contributed by atoms with Crippen molar-refractivity contribution in [3.8, 4) is 0 Å². The van der Waals surface area contributed by atoms with E-state index in [4.69, 9.17) is 4.74 Å². The zero-order valence-electron chi connectivity index (χ0n) is 9.56. The highest BCUT2D eigenvalue weighted by molar-refractivity contribution is 9.10. The first-order valence-corrected chi connectivity index (χ1v) is 6.41. The zero-order chi connectivity index (χ0) is 11.8. The maximum atomic E-state index is 5.63. The van der Waals surface area contributed by atoms with Crippen molar-refractivity contribution in [1.29, 1.82) is 0 Å². The van der Waals surface area contributed by atoms with Crippen molar-refractivity contribution in [3.63, 3.8) is 0 Å². The number of nitrogens with zero attached hydrogens (tertiary/aromatic N) is 2. The smallest absolute Gasteiger partial charge is 0.106 e. The number of halogens is 1. The summed E-state index contributed by atoms with van der Waals surface area (Å²) in [6.07, 6.45) is 1.90. The summed E-state index contributed by atoms with van der Waals surface area (Å²) in [6, 6.07) is 8.64. The Balaban J connectivity index is 2.05. The van der Waals surface area contributed by atoms with Crippen LogP contribution in [-0.2, 0) is 11.3 Å². The molecule has 4 heteroatoms. The number of hydrogen-bond acceptors (Lipinski definition) is 2. The first-order valence-electron chi connectivity index (χ1n) is 5.61. The van der Waals surface area contributed by atoms with Gasteiger partial charge >= 0.3 is 0 Å². The first-order chi connectivity index (χ1) is 8.25. The molecule has 3 nitrogen and oxygen atoms in total. The fraction of sp³-hybridized carbons (Fsp3) is 0.308. The lowest BCUT2D eigenvalue weighted by atomic mass is 10.1. The van der Waals surface area contributed by atoms with Gasteiger partial charge in [0.25, 0.3) is 0 Å². The summed E-state index contributed by atoms with van der Waals surface area (Å²) in [5.41, 5.74) is 2.41. The Labute approximate surface area is 109 Å². The molecule has 0 saturated carbocycles. The number of ether oxygens (including phenoxy) is 1. The SMILES string of the molecule is Cc1ncc2n1C(c1ccc(Br)cc1)COC2. The summed E-state index contributed by atoms with van der Waals surface area (Å²) < 4.78 is 9.00. The molecule has 2 heterocycles. The summed E-state index contributed by atoms with van der Waals surface area (Å²) in [6.45, 7) is 3.42. The van der Waals surface area contributed by atoms with E-state index in [-0.39, 0.29) is 6.04 Å². The average Bonchev–Trinajstić information content (AvgIpc) is 2.73. The predicted octanol–water partition coefficient (Wildman–Crippen LogP) is 3.07. The second-order valence-electron chi connectivity index (χ2n) is 4.25. The van der Waals surface area contributed by atoms with Crippen LogP contribution in [0.1, 0.15) is 23.1 Å². The van der Waals surface area contributed by atoms with Gasteiger partial charge in [-0.3, -0.25) is 0 Å². The molecule has 0 N–H and O–H groups in total. The summed E-state index contributed by atoms with van der Waals surface area (Å²) >= 11 is 3.46. The molecule has 0 amide bonds. The number of aromatic nitrogens is 2. The molecule has 0 bridgehead atoms. The fourth-order valence-corrected chi connectivity index (χ4v) is 2.58. The lowest BCUT2D eigenvalue weighted by molar-refractivity contribution is 0.0687. The van der Waals surface area contributed by atoms with Crippen LogP contribution in [-0.4, -0.2) is 16.2 Å². The van der Waals surface area contributed by atoms with Crippen LogP contribution in [0.2, 0.25) is 0 Å². The Kier molecular flexibility index (Phi) is 2.76. The molecule has 2 aromatic rings. The number of rotatable bonds is 1. The molecule has 17 heavy (non-hydrogen) atoms. The van der Waals surface area contributed by atoms with E-state index in [9.17, 15) is 0 Å². The van der Waals surface area contributed by atoms with E-state index in [2.05, 4.69) is 49.7 Å². The Morgan fingerprint density at radius 3 is 2.88 bits per heavy atom. The maximum Gasteiger partial charge on any atom is 0.106 e. The molecule has 3 rings (SSSR count). The first kappa shape index (κ1) is 11.0. The molecule has 1 aromatic carbocycles. The maximum absolute atomic E-state index is 5.63. The van der Waals surface area contributed by atoms with Crippen molar-refractivity contribution >= 4 is 15.9 Å². The highest BCUT2D eigenvalue weighted by Gasteiger charge is 2.23. The van der Waals surface area contributed by atoms with Gasteiger partial charge in [0.15, 0.2) is 0 Å². The number of aryl methyl sites for hydroxylation is 1. The molecule has 88 valence electrons. The van der Waals surface area contributed by atoms with Gasteiger partial charge in [0.05, 0.1) is 31.1 Å². The molecule has 1 aliphatic rings. The van der Waals surface area contributed by atoms with Crippen molar-refractivity contribution in [2.75, 3.05) is 6.61 Å². The molecule has 0 fully saturated rings. The molecular formula is C13H13BrN2O. The van der Waals surface area contributed by atoms with Crippen LogP contribution in [0.15, 0.2) is 34.9 Å². The second-order valence-corrected chi connectivity index (χ2v) is 5.16. The van der Waals surface area contributed by atoms with Crippen LogP contribution in [0.3, 0.4) is 0 Å². The van der Waals surface area contributed by atoms with Crippen molar-refractivity contribution in [1.82, 2.24) is 9.55 Å². The summed E-state index contributed by atoms with van der Waals surface area (Å²) in [5.74, 6) is 1.05. The van der Waals surface area contributed by atoms with Crippen molar-refractivity contribution in [3.05, 3.63) is 52.0 Å². The van der Waals surface area contributed by atoms with Crippen molar-refractivity contribution in [2.45, 2.75) is 19.6 Å². The summed E-state index contributed by atoms with van der Waals surface area (Å²) in [5, 5.41) is 0. The van der Waals surface area contributed by atoms with Crippen LogP contribution >= 0.6 is 15.9 Å². The summed E-state index contributed by atoms with van der Waals surface area (Å²) in [4.78, 5) is 4.37. The molecular weight excluding hydrogens is 280 g/mol. The van der Waals surface area contributed by atoms with Gasteiger partial charge in [-0.1, -0.05) is 28.1 Å². The normalized spacial score (nSPS) is 19.1. The zero-order valence-corrected chi connectivity index (χ0v) is 11.1. The molecule has 0 spiro atoms. The average molecular weight is 293 g/mol. The Morgan fingerprint density at radius 1 is 1.35 bits per heavy atom. The third-order valence-electron chi connectivity index (χ3n) is 3.15. The van der Waals surface area contributed by atoms with Gasteiger partial charge in [-0.2, -0.15) is 0 Å². The molecule has 0 aliphatic carbocycles. The van der Waals surface area contributed by atoms with Gasteiger partial charge < -0.3 is 9.30 Å². The van der Waals surface area contributed by atoms with Gasteiger partial charge in [0.1, 0.15) is 5.82 Å². The number of hydrogen-bond donors (Lipinski definition) is 0. The topological polar surface area (TPSA) is 27.1 Å². The number of benzene rings is 1. The third kappa shape index (κ3) is 1.91. The van der Waals surface area contributed by atoms with E-state index in [1.165, 1.54) is 5.56 Å². The second kappa shape index (κ2) is 4.27. The third-order valence-corrected chi connectivity index (χ3v) is 3.68. The van der Waals surface area contributed by atoms with Crippen LogP contribution in [0, 0.1) is 6.92 Å². The highest BCUT2D eigenvalue weighted by atomic mass is 79.9. The quantitative estimate of drug-likeness (QED) is 0.808. The van der Waals surface area contributed by atoms with Crippen LogP contribution in [0.5, 0.6) is 0 Å². The van der Waals surface area contributed by atoms with Gasteiger partial charge in [-0.25, -0.2) is 4.98 Å². The van der Waals surface area contributed by atoms with Crippen LogP contribution in [0.25, 0.3) is 0 Å². The largest absolute Gasteiger partial charge is 0.373 e. The Morgan fingerprint density at radius 2 is 2.12 bits per heavy atom. The van der Waals surface area contributed by atoms with Gasteiger partial charge in [0.2, 0.25) is 0 Å². The van der Waals surface area contributed by atoms with Gasteiger partial charge in [-0.05, 0) is 24.6 Å². The van der Waals surface area contributed by atoms with Crippen molar-refractivity contribution < 1.29 is 4.74 Å². The van der Waals surface area contributed by atoms with Crippen LogP contribution in [0.4, 0.5) is 0 Å². The minimum Gasteiger partial charge on any atom is -0.373 e. The number of imidazole rings is 1. The Hall–Kier alpha value is -1.13. The minimum atomic E-state index is 0.245. The fourth-order valence-electron chi connectivity index (χ4n) is 2.31. The molecule has 1 unspecified atom stereocenters. The van der Waals surface area contributed by atoms with Gasteiger partial charge in [0, 0.05) is 4.47 Å². The standard InChI is InChI=1S/C13H13BrN2O/c1-9-15-6-12-7-17-8-13(16(9)12)10-2-4-11(14)5-3-10/h2-6,13H,7-8H2,1H3. The van der Waals surface area contributed by atoms with E-state index < -0.39 is 0 Å². The molecule has 0 saturated heterocycles. The van der Waals surface area contributed by atoms with Crippen molar-refractivity contribution in [2.24, 2.45) is 0 Å². The molecule has 0 radical (unpaired) electrons. The van der Waals surface area contributed by atoms with E-state index in [0.29, 0.717) is 13.2 Å². The van der Waals surface area contributed by atoms with E-state index >= 15 is 0 Å². The minimum absolute atomic E-state index is 0.245. The highest BCUT2D eigenvalue weighted by Crippen LogP contribution is 2.27. The number of fused-ring (bicyclic) bond motifs is 1. The van der Waals surface area contributed by atoms with Crippen LogP contribution < -0.4 is 0 Å². The lowest BCUT2D eigenvalue weighted by Gasteiger charge is -2.27. The van der Waals surface area contributed by atoms with E-state index in [1.54, 1.807) is 0 Å². The molecule has 1 atom stereocenters. The molecule has 1 aromatic heterocycles. The predicted molar refractivity (Wildman–Crippen MR) is 68.9 cm³/mol. The van der Waals surface area contributed by atoms with Gasteiger partial charge in [-0.15, -0.1) is 0 Å². The molecule has 1 aliphatic heterocycles. The summed E-state index contributed by atoms with van der Waals surface area (Å²) in [7, 11) is 0. The monoisotopic (exact) mass is 292 g/mol.